The number of ketones is 1. The molecule has 0 heterocycles. The van der Waals surface area contributed by atoms with Gasteiger partial charge in [-0.1, -0.05) is 42.8 Å². The highest BCUT2D eigenvalue weighted by Crippen LogP contribution is 2.23. The number of Topliss-reactive ketones (excluding diaryl/α,β-unsaturated/α-hetero) is 1. The number of aliphatic hydroxyl groups is 1. The molecule has 172 valence electrons. The summed E-state index contributed by atoms with van der Waals surface area (Å²) in [6.07, 6.45) is 1.43. The summed E-state index contributed by atoms with van der Waals surface area (Å²) in [6, 6.07) is 11.9. The number of aryl methyl sites for hydroxylation is 4. The molecule has 0 aliphatic carbocycles. The third kappa shape index (κ3) is 8.29. The zero-order valence-corrected chi connectivity index (χ0v) is 20.6. The van der Waals surface area contributed by atoms with Crippen LogP contribution in [0.2, 0.25) is 0 Å². The van der Waals surface area contributed by atoms with Crippen LogP contribution < -0.4 is 10.1 Å². The van der Waals surface area contributed by atoms with Gasteiger partial charge in [0.05, 0.1) is 0 Å². The molecular weight excluding hydrogens is 410 g/mol. The molecule has 0 saturated heterocycles. The molecule has 0 aliphatic rings. The van der Waals surface area contributed by atoms with Gasteiger partial charge in [-0.3, -0.25) is 4.79 Å². The smallest absolute Gasteiger partial charge is 0.163 e. The minimum absolute atomic E-state index is 0. The summed E-state index contributed by atoms with van der Waals surface area (Å²) >= 11 is 0. The second-order valence-corrected chi connectivity index (χ2v) is 8.89. The Morgan fingerprint density at radius 3 is 2.35 bits per heavy atom. The maximum Gasteiger partial charge on any atom is 0.163 e. The number of hydrogen-bond acceptors (Lipinski definition) is 4. The number of ether oxygens (including phenoxy) is 1. The zero-order valence-electron chi connectivity index (χ0n) is 19.7. The van der Waals surface area contributed by atoms with Crippen molar-refractivity contribution in [1.82, 2.24) is 5.32 Å². The molecule has 0 amide bonds. The van der Waals surface area contributed by atoms with Crippen molar-refractivity contribution in [2.24, 2.45) is 0 Å². The molecule has 2 aromatic rings. The SMILES string of the molecule is CCC(C)(C)NCC(O)COc1ccccc1CCC(=O)c1c(C)cc(C)cc1C.Cl. The molecule has 2 aromatic carbocycles. The van der Waals surface area contributed by atoms with Crippen molar-refractivity contribution in [2.45, 2.75) is 72.4 Å². The van der Waals surface area contributed by atoms with Gasteiger partial charge in [-0.15, -0.1) is 12.4 Å². The fourth-order valence-corrected chi connectivity index (χ4v) is 3.61. The van der Waals surface area contributed by atoms with E-state index >= 15 is 0 Å². The van der Waals surface area contributed by atoms with Crippen LogP contribution in [0.3, 0.4) is 0 Å². The van der Waals surface area contributed by atoms with E-state index in [0.29, 0.717) is 19.4 Å². The summed E-state index contributed by atoms with van der Waals surface area (Å²) in [5, 5.41) is 13.6. The molecule has 0 saturated carbocycles. The number of hydrogen-bond donors (Lipinski definition) is 2. The number of aliphatic hydroxyl groups excluding tert-OH is 1. The van der Waals surface area contributed by atoms with Gasteiger partial charge < -0.3 is 15.2 Å². The molecule has 2 rings (SSSR count). The first kappa shape index (κ1) is 27.2. The van der Waals surface area contributed by atoms with E-state index in [1.165, 1.54) is 5.56 Å². The van der Waals surface area contributed by atoms with Gasteiger partial charge in [-0.2, -0.15) is 0 Å². The lowest BCUT2D eigenvalue weighted by Gasteiger charge is -2.26. The van der Waals surface area contributed by atoms with Crippen LogP contribution in [0.15, 0.2) is 36.4 Å². The van der Waals surface area contributed by atoms with Crippen molar-refractivity contribution >= 4 is 18.2 Å². The topological polar surface area (TPSA) is 58.6 Å². The number of para-hydroxylation sites is 1. The van der Waals surface area contributed by atoms with E-state index in [9.17, 15) is 9.90 Å². The maximum atomic E-state index is 12.9. The Kier molecular flexibility index (Phi) is 10.7. The van der Waals surface area contributed by atoms with E-state index in [1.807, 2.05) is 38.1 Å². The number of nitrogens with one attached hydrogen (secondary N) is 1. The van der Waals surface area contributed by atoms with Crippen LogP contribution in [-0.2, 0) is 6.42 Å². The molecule has 1 unspecified atom stereocenters. The van der Waals surface area contributed by atoms with Crippen molar-refractivity contribution < 1.29 is 14.6 Å². The van der Waals surface area contributed by atoms with Crippen LogP contribution in [0, 0.1) is 20.8 Å². The number of halogens is 1. The number of rotatable bonds is 11. The lowest BCUT2D eigenvalue weighted by atomic mass is 9.93. The monoisotopic (exact) mass is 447 g/mol. The van der Waals surface area contributed by atoms with E-state index in [1.54, 1.807) is 0 Å². The Morgan fingerprint density at radius 1 is 1.13 bits per heavy atom. The normalized spacial score (nSPS) is 12.2. The number of carbonyl (C=O) groups is 1. The van der Waals surface area contributed by atoms with Crippen molar-refractivity contribution in [3.8, 4) is 5.75 Å². The average Bonchev–Trinajstić information content (AvgIpc) is 2.69. The summed E-state index contributed by atoms with van der Waals surface area (Å²) in [5.41, 5.74) is 5.06. The fraction of sp³-hybridized carbons (Fsp3) is 0.500. The quantitative estimate of drug-likeness (QED) is 0.455. The molecule has 4 nitrogen and oxygen atoms in total. The first-order valence-electron chi connectivity index (χ1n) is 10.9. The minimum Gasteiger partial charge on any atom is -0.491 e. The molecule has 0 aliphatic heterocycles. The summed E-state index contributed by atoms with van der Waals surface area (Å²) in [4.78, 5) is 12.9. The Hall–Kier alpha value is -1.88. The molecule has 2 N–H and O–H groups in total. The summed E-state index contributed by atoms with van der Waals surface area (Å²) in [7, 11) is 0. The predicted octanol–water partition coefficient (Wildman–Crippen LogP) is 5.37. The number of β-amino-alcohol motifs (C(OH)–C–C–N with tert-alkyl or cyclic N) is 1. The Labute approximate surface area is 193 Å². The van der Waals surface area contributed by atoms with Crippen LogP contribution in [0.1, 0.15) is 66.2 Å². The van der Waals surface area contributed by atoms with Crippen LogP contribution >= 0.6 is 12.4 Å². The largest absolute Gasteiger partial charge is 0.491 e. The van der Waals surface area contributed by atoms with E-state index in [2.05, 4.69) is 45.1 Å². The third-order valence-corrected chi connectivity index (χ3v) is 5.68. The molecule has 0 aromatic heterocycles. The van der Waals surface area contributed by atoms with E-state index in [-0.39, 0.29) is 30.3 Å². The standard InChI is InChI=1S/C26H37NO3.ClH/c1-7-26(5,6)27-16-22(28)17-30-24-11-9-8-10-21(24)12-13-23(29)25-19(3)14-18(2)15-20(25)4;/h8-11,14-15,22,27-28H,7,12-13,16-17H2,1-6H3;1H. The molecule has 31 heavy (non-hydrogen) atoms. The van der Waals surface area contributed by atoms with E-state index < -0.39 is 6.10 Å². The van der Waals surface area contributed by atoms with Gasteiger partial charge in [-0.05, 0) is 70.2 Å². The van der Waals surface area contributed by atoms with Crippen LogP contribution in [-0.4, -0.2) is 35.7 Å². The highest BCUT2D eigenvalue weighted by atomic mass is 35.5. The van der Waals surface area contributed by atoms with Gasteiger partial charge in [0, 0.05) is 24.1 Å². The molecule has 0 spiro atoms. The molecule has 1 atom stereocenters. The molecule has 0 fully saturated rings. The molecule has 0 bridgehead atoms. The van der Waals surface area contributed by atoms with Crippen LogP contribution in [0.25, 0.3) is 0 Å². The maximum absolute atomic E-state index is 12.9. The van der Waals surface area contributed by atoms with Crippen molar-refractivity contribution in [3.05, 3.63) is 64.2 Å². The van der Waals surface area contributed by atoms with E-state index in [0.717, 1.165) is 34.4 Å². The number of benzene rings is 2. The van der Waals surface area contributed by atoms with Gasteiger partial charge in [0.15, 0.2) is 5.78 Å². The second-order valence-electron chi connectivity index (χ2n) is 8.89. The van der Waals surface area contributed by atoms with Crippen molar-refractivity contribution in [1.29, 1.82) is 0 Å². The highest BCUT2D eigenvalue weighted by molar-refractivity contribution is 5.99. The Balaban J connectivity index is 0.00000480. The first-order chi connectivity index (χ1) is 14.1. The molecular formula is C26H38ClNO3. The average molecular weight is 448 g/mol. The van der Waals surface area contributed by atoms with Gasteiger partial charge >= 0.3 is 0 Å². The predicted molar refractivity (Wildman–Crippen MR) is 131 cm³/mol. The van der Waals surface area contributed by atoms with Crippen molar-refractivity contribution in [3.63, 3.8) is 0 Å². The molecule has 0 radical (unpaired) electrons. The lowest BCUT2D eigenvalue weighted by Crippen LogP contribution is -2.44. The summed E-state index contributed by atoms with van der Waals surface area (Å²) < 4.78 is 5.90. The van der Waals surface area contributed by atoms with Crippen molar-refractivity contribution in [2.75, 3.05) is 13.2 Å². The zero-order chi connectivity index (χ0) is 22.3. The Bertz CT molecular complexity index is 840. The van der Waals surface area contributed by atoms with Crippen LogP contribution in [0.5, 0.6) is 5.75 Å². The highest BCUT2D eigenvalue weighted by Gasteiger charge is 2.17. The van der Waals surface area contributed by atoms with Gasteiger partial charge in [-0.25, -0.2) is 0 Å². The summed E-state index contributed by atoms with van der Waals surface area (Å²) in [6.45, 7) is 13.1. The summed E-state index contributed by atoms with van der Waals surface area (Å²) in [5.74, 6) is 0.891. The van der Waals surface area contributed by atoms with Gasteiger partial charge in [0.25, 0.3) is 0 Å². The first-order valence-corrected chi connectivity index (χ1v) is 10.9. The second kappa shape index (κ2) is 12.2. The fourth-order valence-electron chi connectivity index (χ4n) is 3.61. The van der Waals surface area contributed by atoms with Crippen LogP contribution in [0.4, 0.5) is 0 Å². The molecule has 5 heteroatoms. The minimum atomic E-state index is -0.594. The van der Waals surface area contributed by atoms with Gasteiger partial charge in [0.1, 0.15) is 18.5 Å². The third-order valence-electron chi connectivity index (χ3n) is 5.68. The van der Waals surface area contributed by atoms with Gasteiger partial charge in [0.2, 0.25) is 0 Å². The van der Waals surface area contributed by atoms with E-state index in [4.69, 9.17) is 4.74 Å². The lowest BCUT2D eigenvalue weighted by molar-refractivity contribution is 0.0965. The number of carbonyl (C=O) groups excluding carboxylic acids is 1. The Morgan fingerprint density at radius 2 is 1.74 bits per heavy atom.